The topological polar surface area (TPSA) is 113 Å². The number of carbonyl (C=O) groups is 2. The van der Waals surface area contributed by atoms with E-state index in [0.29, 0.717) is 50.4 Å². The SMILES string of the molecule is CS(=O)(=O)N1CCC(C(=O)Nc2ccc(OCCCC(=O)O)cc2)CC1. The van der Waals surface area contributed by atoms with Crippen molar-refractivity contribution in [3.63, 3.8) is 0 Å². The lowest BCUT2D eigenvalue weighted by Crippen LogP contribution is -2.40. The first-order valence-electron chi connectivity index (χ1n) is 8.46. The van der Waals surface area contributed by atoms with Gasteiger partial charge in [-0.3, -0.25) is 9.59 Å². The van der Waals surface area contributed by atoms with Crippen molar-refractivity contribution in [1.29, 1.82) is 0 Å². The van der Waals surface area contributed by atoms with Crippen molar-refractivity contribution < 1.29 is 27.9 Å². The molecule has 0 spiro atoms. The highest BCUT2D eigenvalue weighted by molar-refractivity contribution is 7.88. The van der Waals surface area contributed by atoms with E-state index < -0.39 is 16.0 Å². The average molecular weight is 384 g/mol. The summed E-state index contributed by atoms with van der Waals surface area (Å²) in [7, 11) is -3.20. The monoisotopic (exact) mass is 384 g/mol. The standard InChI is InChI=1S/C17H24N2O6S/c1-26(23,24)19-10-8-13(9-11-19)17(22)18-14-4-6-15(7-5-14)25-12-2-3-16(20)21/h4-7,13H,2-3,8-12H2,1H3,(H,18,22)(H,20,21). The molecule has 0 atom stereocenters. The van der Waals surface area contributed by atoms with Gasteiger partial charge in [-0.1, -0.05) is 0 Å². The van der Waals surface area contributed by atoms with Crippen LogP contribution in [0.5, 0.6) is 5.75 Å². The third kappa shape index (κ3) is 6.30. The fraction of sp³-hybridized carbons (Fsp3) is 0.529. The van der Waals surface area contributed by atoms with E-state index in [1.807, 2.05) is 0 Å². The number of nitrogens with zero attached hydrogens (tertiary/aromatic N) is 1. The molecule has 1 aliphatic rings. The number of anilines is 1. The van der Waals surface area contributed by atoms with Gasteiger partial charge < -0.3 is 15.2 Å². The van der Waals surface area contributed by atoms with Crippen LogP contribution in [0.15, 0.2) is 24.3 Å². The smallest absolute Gasteiger partial charge is 0.303 e. The van der Waals surface area contributed by atoms with Crippen molar-refractivity contribution in [1.82, 2.24) is 4.31 Å². The van der Waals surface area contributed by atoms with Gasteiger partial charge in [-0.05, 0) is 43.5 Å². The molecule has 9 heteroatoms. The molecule has 0 unspecified atom stereocenters. The predicted octanol–water partition coefficient (Wildman–Crippen LogP) is 1.54. The van der Waals surface area contributed by atoms with E-state index in [1.165, 1.54) is 10.6 Å². The Bertz CT molecular complexity index is 724. The maximum Gasteiger partial charge on any atom is 0.303 e. The molecule has 1 saturated heterocycles. The van der Waals surface area contributed by atoms with E-state index in [1.54, 1.807) is 24.3 Å². The average Bonchev–Trinajstić information content (AvgIpc) is 2.59. The van der Waals surface area contributed by atoms with Crippen LogP contribution >= 0.6 is 0 Å². The Kier molecular flexibility index (Phi) is 6.98. The summed E-state index contributed by atoms with van der Waals surface area (Å²) in [5.74, 6) is -0.572. The lowest BCUT2D eigenvalue weighted by atomic mass is 9.97. The Balaban J connectivity index is 1.78. The van der Waals surface area contributed by atoms with Crippen molar-refractivity contribution in [2.75, 3.05) is 31.3 Å². The first-order valence-corrected chi connectivity index (χ1v) is 10.3. The van der Waals surface area contributed by atoms with Gasteiger partial charge in [0, 0.05) is 31.1 Å². The number of hydrogen-bond donors (Lipinski definition) is 2. The van der Waals surface area contributed by atoms with Crippen molar-refractivity contribution in [2.45, 2.75) is 25.7 Å². The minimum atomic E-state index is -3.20. The number of hydrogen-bond acceptors (Lipinski definition) is 5. The van der Waals surface area contributed by atoms with Gasteiger partial charge in [-0.25, -0.2) is 12.7 Å². The van der Waals surface area contributed by atoms with Crippen molar-refractivity contribution in [3.05, 3.63) is 24.3 Å². The van der Waals surface area contributed by atoms with Gasteiger partial charge in [0.05, 0.1) is 12.9 Å². The van der Waals surface area contributed by atoms with E-state index >= 15 is 0 Å². The second-order valence-corrected chi connectivity index (χ2v) is 8.28. The van der Waals surface area contributed by atoms with E-state index in [4.69, 9.17) is 9.84 Å². The van der Waals surface area contributed by atoms with E-state index in [0.717, 1.165) is 0 Å². The number of amides is 1. The molecule has 1 heterocycles. The number of benzene rings is 1. The van der Waals surface area contributed by atoms with Crippen LogP contribution in [-0.4, -0.2) is 55.7 Å². The Morgan fingerprint density at radius 2 is 1.85 bits per heavy atom. The number of aliphatic carboxylic acids is 1. The van der Waals surface area contributed by atoms with Gasteiger partial charge in [-0.15, -0.1) is 0 Å². The Morgan fingerprint density at radius 1 is 1.23 bits per heavy atom. The lowest BCUT2D eigenvalue weighted by Gasteiger charge is -2.29. The van der Waals surface area contributed by atoms with Crippen molar-refractivity contribution in [2.24, 2.45) is 5.92 Å². The minimum absolute atomic E-state index is 0.0618. The lowest BCUT2D eigenvalue weighted by molar-refractivity contribution is -0.137. The molecule has 2 N–H and O–H groups in total. The number of carbonyl (C=O) groups excluding carboxylic acids is 1. The van der Waals surface area contributed by atoms with Crippen LogP contribution in [0.25, 0.3) is 0 Å². The molecule has 8 nitrogen and oxygen atoms in total. The van der Waals surface area contributed by atoms with E-state index in [2.05, 4.69) is 5.32 Å². The Morgan fingerprint density at radius 3 is 2.38 bits per heavy atom. The summed E-state index contributed by atoms with van der Waals surface area (Å²) in [6, 6.07) is 6.86. The molecule has 0 bridgehead atoms. The molecule has 2 rings (SSSR count). The number of carboxylic acid groups (broad SMARTS) is 1. The molecule has 1 fully saturated rings. The zero-order chi connectivity index (χ0) is 19.2. The predicted molar refractivity (Wildman–Crippen MR) is 96.6 cm³/mol. The summed E-state index contributed by atoms with van der Waals surface area (Å²) in [6.07, 6.45) is 2.68. The maximum absolute atomic E-state index is 12.3. The largest absolute Gasteiger partial charge is 0.494 e. The summed E-state index contributed by atoms with van der Waals surface area (Å²) in [6.45, 7) is 1.04. The fourth-order valence-electron chi connectivity index (χ4n) is 2.74. The number of sulfonamides is 1. The number of rotatable bonds is 8. The van der Waals surface area contributed by atoms with Crippen LogP contribution in [0.3, 0.4) is 0 Å². The summed E-state index contributed by atoms with van der Waals surface area (Å²) < 4.78 is 29.8. The zero-order valence-corrected chi connectivity index (χ0v) is 15.5. The number of nitrogens with one attached hydrogen (secondary N) is 1. The third-order valence-corrected chi connectivity index (χ3v) is 5.52. The first kappa shape index (κ1) is 20.2. The van der Waals surface area contributed by atoms with Crippen LogP contribution in [0.1, 0.15) is 25.7 Å². The van der Waals surface area contributed by atoms with Crippen LogP contribution < -0.4 is 10.1 Å². The molecule has 0 radical (unpaired) electrons. The van der Waals surface area contributed by atoms with E-state index in [9.17, 15) is 18.0 Å². The van der Waals surface area contributed by atoms with Crippen LogP contribution in [0.2, 0.25) is 0 Å². The van der Waals surface area contributed by atoms with Gasteiger partial charge in [0.25, 0.3) is 0 Å². The van der Waals surface area contributed by atoms with E-state index in [-0.39, 0.29) is 18.2 Å². The van der Waals surface area contributed by atoms with Crippen LogP contribution in [0, 0.1) is 5.92 Å². The van der Waals surface area contributed by atoms with Gasteiger partial charge in [0.15, 0.2) is 0 Å². The maximum atomic E-state index is 12.3. The molecule has 1 amide bonds. The molecular weight excluding hydrogens is 360 g/mol. The Labute approximate surface area is 153 Å². The molecule has 26 heavy (non-hydrogen) atoms. The quantitative estimate of drug-likeness (QED) is 0.658. The normalized spacial score (nSPS) is 16.2. The summed E-state index contributed by atoms with van der Waals surface area (Å²) in [4.78, 5) is 22.7. The summed E-state index contributed by atoms with van der Waals surface area (Å²) in [5.41, 5.74) is 0.637. The molecule has 0 saturated carbocycles. The molecule has 1 aliphatic heterocycles. The second-order valence-electron chi connectivity index (χ2n) is 6.30. The summed E-state index contributed by atoms with van der Waals surface area (Å²) in [5, 5.41) is 11.4. The molecular formula is C17H24N2O6S. The summed E-state index contributed by atoms with van der Waals surface area (Å²) >= 11 is 0. The number of piperidine rings is 1. The van der Waals surface area contributed by atoms with Gasteiger partial charge in [0.1, 0.15) is 5.75 Å². The fourth-order valence-corrected chi connectivity index (χ4v) is 3.62. The molecule has 0 aromatic heterocycles. The molecule has 144 valence electrons. The third-order valence-electron chi connectivity index (χ3n) is 4.22. The Hall–Kier alpha value is -2.13. The van der Waals surface area contributed by atoms with Crippen LogP contribution in [-0.2, 0) is 19.6 Å². The van der Waals surface area contributed by atoms with Crippen molar-refractivity contribution in [3.8, 4) is 5.75 Å². The highest BCUT2D eigenvalue weighted by atomic mass is 32.2. The first-order chi connectivity index (χ1) is 12.3. The number of ether oxygens (including phenoxy) is 1. The second kappa shape index (κ2) is 9.00. The minimum Gasteiger partial charge on any atom is -0.494 e. The van der Waals surface area contributed by atoms with Crippen LogP contribution in [0.4, 0.5) is 5.69 Å². The van der Waals surface area contributed by atoms with Gasteiger partial charge >= 0.3 is 5.97 Å². The zero-order valence-electron chi connectivity index (χ0n) is 14.7. The van der Waals surface area contributed by atoms with Gasteiger partial charge in [0.2, 0.25) is 15.9 Å². The highest BCUT2D eigenvalue weighted by Crippen LogP contribution is 2.22. The molecule has 0 aliphatic carbocycles. The van der Waals surface area contributed by atoms with Crippen molar-refractivity contribution >= 4 is 27.6 Å². The molecule has 1 aromatic carbocycles. The van der Waals surface area contributed by atoms with Gasteiger partial charge in [-0.2, -0.15) is 0 Å². The highest BCUT2D eigenvalue weighted by Gasteiger charge is 2.28. The molecule has 1 aromatic rings. The number of carboxylic acids is 1.